The number of nitrogens with one attached hydrogen (secondary N) is 1. The molecule has 0 atom stereocenters. The van der Waals surface area contributed by atoms with Gasteiger partial charge in [0.05, 0.1) is 5.54 Å². The maximum atomic E-state index is 12.3. The molecule has 1 fully saturated rings. The Morgan fingerprint density at radius 2 is 2.05 bits per heavy atom. The van der Waals surface area contributed by atoms with E-state index < -0.39 is 0 Å². The molecule has 0 aliphatic heterocycles. The average Bonchev–Trinajstić information content (AvgIpc) is 2.43. The van der Waals surface area contributed by atoms with Crippen molar-refractivity contribution in [3.8, 4) is 0 Å². The fourth-order valence-corrected chi connectivity index (χ4v) is 3.45. The van der Waals surface area contributed by atoms with Crippen molar-refractivity contribution in [1.82, 2.24) is 5.32 Å². The van der Waals surface area contributed by atoms with Crippen LogP contribution in [-0.4, -0.2) is 16.8 Å². The van der Waals surface area contributed by atoms with Crippen LogP contribution in [0.1, 0.15) is 48.0 Å². The Kier molecular flexibility index (Phi) is 4.91. The van der Waals surface area contributed by atoms with Gasteiger partial charge in [-0.05, 0) is 37.5 Å². The summed E-state index contributed by atoms with van der Waals surface area (Å²) in [4.78, 5) is 12.3. The molecule has 4 heteroatoms. The van der Waals surface area contributed by atoms with Crippen LogP contribution in [0, 0.1) is 6.92 Å². The lowest BCUT2D eigenvalue weighted by atomic mass is 9.83. The molecule has 104 valence electrons. The number of benzene rings is 1. The van der Waals surface area contributed by atoms with E-state index in [4.69, 9.17) is 11.6 Å². The zero-order valence-corrected chi connectivity index (χ0v) is 13.5. The van der Waals surface area contributed by atoms with Crippen molar-refractivity contribution >= 4 is 33.4 Å². The van der Waals surface area contributed by atoms with E-state index in [1.165, 1.54) is 19.3 Å². The summed E-state index contributed by atoms with van der Waals surface area (Å²) in [5, 5.41) is 4.65. The van der Waals surface area contributed by atoms with E-state index in [2.05, 4.69) is 21.2 Å². The molecule has 19 heavy (non-hydrogen) atoms. The predicted octanol–water partition coefficient (Wildman–Crippen LogP) is 4.48. The van der Waals surface area contributed by atoms with Crippen molar-refractivity contribution in [1.29, 1.82) is 0 Å². The number of carbonyl (C=O) groups excluding carboxylic acids is 1. The molecule has 1 aliphatic carbocycles. The number of carbonyl (C=O) groups is 1. The first-order valence-corrected chi connectivity index (χ1v) is 8.21. The number of alkyl halides is 1. The minimum absolute atomic E-state index is 0.0248. The first-order chi connectivity index (χ1) is 9.06. The Balaban J connectivity index is 2.12. The number of amides is 1. The molecule has 2 rings (SSSR count). The fourth-order valence-electron chi connectivity index (χ4n) is 2.57. The standard InChI is InChI=1S/C15H19BrClNO/c1-11-5-6-12(9-13(11)17)14(19)18-15(10-16)7-3-2-4-8-15/h5-6,9H,2-4,7-8,10H2,1H3,(H,18,19). The highest BCUT2D eigenvalue weighted by Gasteiger charge is 2.32. The molecule has 0 heterocycles. The van der Waals surface area contributed by atoms with Gasteiger partial charge in [0.15, 0.2) is 0 Å². The smallest absolute Gasteiger partial charge is 0.251 e. The molecule has 1 amide bonds. The van der Waals surface area contributed by atoms with E-state index in [1.54, 1.807) is 6.07 Å². The second-order valence-electron chi connectivity index (χ2n) is 5.39. The van der Waals surface area contributed by atoms with E-state index in [0.717, 1.165) is 23.7 Å². The molecular formula is C15H19BrClNO. The lowest BCUT2D eigenvalue weighted by molar-refractivity contribution is 0.0886. The Hall–Kier alpha value is -0.540. The van der Waals surface area contributed by atoms with Gasteiger partial charge in [-0.1, -0.05) is 52.9 Å². The van der Waals surface area contributed by atoms with Crippen molar-refractivity contribution in [3.05, 3.63) is 34.3 Å². The SMILES string of the molecule is Cc1ccc(C(=O)NC2(CBr)CCCCC2)cc1Cl. The Morgan fingerprint density at radius 3 is 2.63 bits per heavy atom. The van der Waals surface area contributed by atoms with Gasteiger partial charge in [0, 0.05) is 15.9 Å². The predicted molar refractivity (Wildman–Crippen MR) is 83.3 cm³/mol. The van der Waals surface area contributed by atoms with Gasteiger partial charge in [-0.2, -0.15) is 0 Å². The normalized spacial score (nSPS) is 18.1. The van der Waals surface area contributed by atoms with E-state index in [1.807, 2.05) is 19.1 Å². The molecule has 0 unspecified atom stereocenters. The van der Waals surface area contributed by atoms with Gasteiger partial charge in [0.1, 0.15) is 0 Å². The molecule has 1 saturated carbocycles. The van der Waals surface area contributed by atoms with Crippen LogP contribution >= 0.6 is 27.5 Å². The van der Waals surface area contributed by atoms with Crippen LogP contribution in [0.4, 0.5) is 0 Å². The van der Waals surface area contributed by atoms with Crippen molar-refractivity contribution in [2.24, 2.45) is 0 Å². The average molecular weight is 345 g/mol. The first-order valence-electron chi connectivity index (χ1n) is 6.71. The molecule has 1 N–H and O–H groups in total. The highest BCUT2D eigenvalue weighted by atomic mass is 79.9. The van der Waals surface area contributed by atoms with Crippen molar-refractivity contribution in [3.63, 3.8) is 0 Å². The first kappa shape index (κ1) is 14.9. The molecule has 1 aliphatic rings. The topological polar surface area (TPSA) is 29.1 Å². The third-order valence-electron chi connectivity index (χ3n) is 3.88. The number of hydrogen-bond acceptors (Lipinski definition) is 1. The molecule has 1 aromatic rings. The van der Waals surface area contributed by atoms with Crippen LogP contribution in [0.15, 0.2) is 18.2 Å². The fraction of sp³-hybridized carbons (Fsp3) is 0.533. The zero-order chi connectivity index (χ0) is 13.9. The Morgan fingerprint density at radius 1 is 1.37 bits per heavy atom. The minimum atomic E-state index is -0.0906. The molecule has 2 nitrogen and oxygen atoms in total. The third kappa shape index (κ3) is 3.51. The summed E-state index contributed by atoms with van der Waals surface area (Å²) in [6.45, 7) is 1.94. The van der Waals surface area contributed by atoms with E-state index in [-0.39, 0.29) is 11.4 Å². The van der Waals surface area contributed by atoms with Gasteiger partial charge in [0.25, 0.3) is 5.91 Å². The summed E-state index contributed by atoms with van der Waals surface area (Å²) in [7, 11) is 0. The summed E-state index contributed by atoms with van der Waals surface area (Å²) in [6.07, 6.45) is 5.72. The maximum absolute atomic E-state index is 12.3. The van der Waals surface area contributed by atoms with Crippen LogP contribution in [0.5, 0.6) is 0 Å². The number of halogens is 2. The van der Waals surface area contributed by atoms with Crippen LogP contribution in [-0.2, 0) is 0 Å². The molecular weight excluding hydrogens is 326 g/mol. The van der Waals surface area contributed by atoms with Crippen molar-refractivity contribution < 1.29 is 4.79 Å². The summed E-state index contributed by atoms with van der Waals surface area (Å²) in [6, 6.07) is 5.47. The lowest BCUT2D eigenvalue weighted by Gasteiger charge is -2.36. The number of rotatable bonds is 3. The molecule has 0 saturated heterocycles. The zero-order valence-electron chi connectivity index (χ0n) is 11.1. The van der Waals surface area contributed by atoms with Gasteiger partial charge in [-0.25, -0.2) is 0 Å². The number of aryl methyl sites for hydroxylation is 1. The summed E-state index contributed by atoms with van der Waals surface area (Å²) in [5.41, 5.74) is 1.54. The Labute approximate surface area is 128 Å². The summed E-state index contributed by atoms with van der Waals surface area (Å²) >= 11 is 9.63. The van der Waals surface area contributed by atoms with Gasteiger partial charge >= 0.3 is 0 Å². The summed E-state index contributed by atoms with van der Waals surface area (Å²) < 4.78 is 0. The Bertz CT molecular complexity index is 469. The monoisotopic (exact) mass is 343 g/mol. The molecule has 1 aromatic carbocycles. The van der Waals surface area contributed by atoms with Crippen LogP contribution < -0.4 is 5.32 Å². The largest absolute Gasteiger partial charge is 0.346 e. The lowest BCUT2D eigenvalue weighted by Crippen LogP contribution is -2.51. The van der Waals surface area contributed by atoms with Crippen LogP contribution in [0.2, 0.25) is 5.02 Å². The van der Waals surface area contributed by atoms with Gasteiger partial charge in [-0.3, -0.25) is 4.79 Å². The second kappa shape index (κ2) is 6.27. The maximum Gasteiger partial charge on any atom is 0.251 e. The van der Waals surface area contributed by atoms with Gasteiger partial charge < -0.3 is 5.32 Å². The molecule has 0 radical (unpaired) electrons. The van der Waals surface area contributed by atoms with Crippen molar-refractivity contribution in [2.75, 3.05) is 5.33 Å². The third-order valence-corrected chi connectivity index (χ3v) is 5.36. The van der Waals surface area contributed by atoms with Gasteiger partial charge in [-0.15, -0.1) is 0 Å². The van der Waals surface area contributed by atoms with E-state index in [9.17, 15) is 4.79 Å². The highest BCUT2D eigenvalue weighted by molar-refractivity contribution is 9.09. The molecule has 0 spiro atoms. The second-order valence-corrected chi connectivity index (χ2v) is 6.36. The van der Waals surface area contributed by atoms with Gasteiger partial charge in [0.2, 0.25) is 0 Å². The quantitative estimate of drug-likeness (QED) is 0.805. The van der Waals surface area contributed by atoms with E-state index >= 15 is 0 Å². The highest BCUT2D eigenvalue weighted by Crippen LogP contribution is 2.30. The van der Waals surface area contributed by atoms with E-state index in [0.29, 0.717) is 10.6 Å². The van der Waals surface area contributed by atoms with Crippen LogP contribution in [0.25, 0.3) is 0 Å². The summed E-state index contributed by atoms with van der Waals surface area (Å²) in [5.74, 6) is -0.0248. The number of hydrogen-bond donors (Lipinski definition) is 1. The minimum Gasteiger partial charge on any atom is -0.346 e. The van der Waals surface area contributed by atoms with Crippen LogP contribution in [0.3, 0.4) is 0 Å². The molecule has 0 bridgehead atoms. The molecule has 0 aromatic heterocycles. The van der Waals surface area contributed by atoms with Crippen molar-refractivity contribution in [2.45, 2.75) is 44.6 Å².